The first-order valence-electron chi connectivity index (χ1n) is 6.57. The minimum atomic E-state index is 0.127. The van der Waals surface area contributed by atoms with Gasteiger partial charge < -0.3 is 5.11 Å². The second-order valence-corrected chi connectivity index (χ2v) is 5.85. The van der Waals surface area contributed by atoms with Crippen molar-refractivity contribution in [1.29, 1.82) is 0 Å². The third kappa shape index (κ3) is 3.34. The number of nitrogens with zero attached hydrogens (tertiary/aromatic N) is 2. The van der Waals surface area contributed by atoms with Gasteiger partial charge in [0.25, 0.3) is 0 Å². The molecule has 1 aromatic heterocycles. The summed E-state index contributed by atoms with van der Waals surface area (Å²) in [6.45, 7) is 0. The molecule has 2 N–H and O–H groups in total. The lowest BCUT2D eigenvalue weighted by molar-refractivity contribution is 0.475. The maximum absolute atomic E-state index is 10.0. The van der Waals surface area contributed by atoms with Crippen LogP contribution in [0.25, 0.3) is 10.8 Å². The van der Waals surface area contributed by atoms with Crippen molar-refractivity contribution in [3.05, 3.63) is 63.2 Å². The minimum absolute atomic E-state index is 0.127. The normalized spacial score (nSPS) is 11.3. The Morgan fingerprint density at radius 2 is 1.83 bits per heavy atom. The van der Waals surface area contributed by atoms with Crippen molar-refractivity contribution in [2.24, 2.45) is 5.10 Å². The summed E-state index contributed by atoms with van der Waals surface area (Å²) in [7, 11) is 0. The highest BCUT2D eigenvalue weighted by atomic mass is 35.5. The quantitative estimate of drug-likeness (QED) is 0.373. The second-order valence-electron chi connectivity index (χ2n) is 4.68. The zero-order valence-corrected chi connectivity index (χ0v) is 13.9. The Labute approximate surface area is 147 Å². The molecule has 1 heterocycles. The van der Waals surface area contributed by atoms with Crippen LogP contribution < -0.4 is 5.43 Å². The third-order valence-corrected chi connectivity index (χ3v) is 4.16. The van der Waals surface area contributed by atoms with Crippen LogP contribution >= 0.6 is 34.8 Å². The molecule has 0 amide bonds. The summed E-state index contributed by atoms with van der Waals surface area (Å²) < 4.78 is 0. The Balaban J connectivity index is 1.92. The fraction of sp³-hybridized carbons (Fsp3) is 0. The molecule has 0 fully saturated rings. The van der Waals surface area contributed by atoms with Crippen molar-refractivity contribution >= 4 is 57.6 Å². The number of aromatic nitrogens is 1. The molecule has 116 valence electrons. The van der Waals surface area contributed by atoms with E-state index in [2.05, 4.69) is 15.5 Å². The summed E-state index contributed by atoms with van der Waals surface area (Å²) in [4.78, 5) is 4.00. The largest absolute Gasteiger partial charge is 0.507 e. The molecule has 0 radical (unpaired) electrons. The summed E-state index contributed by atoms with van der Waals surface area (Å²) in [5, 5.41) is 16.7. The number of rotatable bonds is 3. The molecule has 3 rings (SSSR count). The summed E-state index contributed by atoms with van der Waals surface area (Å²) in [6, 6.07) is 12.6. The van der Waals surface area contributed by atoms with Crippen molar-refractivity contribution in [1.82, 2.24) is 4.98 Å². The van der Waals surface area contributed by atoms with Crippen LogP contribution in [0.4, 0.5) is 5.82 Å². The van der Waals surface area contributed by atoms with E-state index in [9.17, 15) is 5.11 Å². The summed E-state index contributed by atoms with van der Waals surface area (Å²) in [5.74, 6) is 0.402. The van der Waals surface area contributed by atoms with E-state index in [0.717, 1.165) is 10.8 Å². The van der Waals surface area contributed by atoms with Crippen molar-refractivity contribution in [2.75, 3.05) is 5.43 Å². The number of fused-ring (bicyclic) bond motifs is 1. The zero-order valence-electron chi connectivity index (χ0n) is 11.6. The highest BCUT2D eigenvalue weighted by Gasteiger charge is 2.07. The highest BCUT2D eigenvalue weighted by Crippen LogP contribution is 2.29. The molecular weight excluding hydrogens is 357 g/mol. The number of nitrogens with one attached hydrogen (secondary N) is 1. The van der Waals surface area contributed by atoms with Gasteiger partial charge in [0.15, 0.2) is 5.82 Å². The lowest BCUT2D eigenvalue weighted by atomic mass is 10.0. The standard InChI is InChI=1S/C16H10Cl3N3O/c17-12-7-13(18)16(21-15(12)19)22-20-8-11-10-4-2-1-3-9(10)5-6-14(11)23/h1-8,23H,(H,21,22)/b20-8+. The summed E-state index contributed by atoms with van der Waals surface area (Å²) in [5.41, 5.74) is 3.28. The van der Waals surface area contributed by atoms with Gasteiger partial charge in [0.05, 0.1) is 16.3 Å². The van der Waals surface area contributed by atoms with Crippen LogP contribution in [0.1, 0.15) is 5.56 Å². The number of phenolic OH excluding ortho intramolecular Hbond substituents is 1. The van der Waals surface area contributed by atoms with Gasteiger partial charge in [-0.15, -0.1) is 0 Å². The Bertz CT molecular complexity index is 912. The van der Waals surface area contributed by atoms with Crippen LogP contribution in [-0.2, 0) is 0 Å². The van der Waals surface area contributed by atoms with Crippen LogP contribution in [0.5, 0.6) is 5.75 Å². The van der Waals surface area contributed by atoms with E-state index in [-0.39, 0.29) is 21.7 Å². The van der Waals surface area contributed by atoms with E-state index >= 15 is 0 Å². The molecule has 0 aliphatic heterocycles. The van der Waals surface area contributed by atoms with E-state index in [4.69, 9.17) is 34.8 Å². The first kappa shape index (κ1) is 15.9. The van der Waals surface area contributed by atoms with E-state index in [1.165, 1.54) is 12.3 Å². The van der Waals surface area contributed by atoms with Crippen LogP contribution in [0.15, 0.2) is 47.6 Å². The van der Waals surface area contributed by atoms with Gasteiger partial charge in [-0.05, 0) is 22.9 Å². The van der Waals surface area contributed by atoms with Crippen molar-refractivity contribution in [2.45, 2.75) is 0 Å². The number of phenols is 1. The number of halogens is 3. The average molecular weight is 367 g/mol. The van der Waals surface area contributed by atoms with Gasteiger partial charge in [-0.1, -0.05) is 65.1 Å². The molecule has 0 unspecified atom stereocenters. The Morgan fingerprint density at radius 1 is 1.04 bits per heavy atom. The third-order valence-electron chi connectivity index (χ3n) is 3.20. The van der Waals surface area contributed by atoms with Crippen LogP contribution in [-0.4, -0.2) is 16.3 Å². The van der Waals surface area contributed by atoms with Crippen LogP contribution in [0.3, 0.4) is 0 Å². The smallest absolute Gasteiger partial charge is 0.166 e. The lowest BCUT2D eigenvalue weighted by Gasteiger charge is -2.06. The monoisotopic (exact) mass is 365 g/mol. The Hall–Kier alpha value is -2.01. The van der Waals surface area contributed by atoms with Gasteiger partial charge in [-0.2, -0.15) is 5.10 Å². The van der Waals surface area contributed by atoms with E-state index in [1.54, 1.807) is 6.07 Å². The molecule has 0 aliphatic rings. The van der Waals surface area contributed by atoms with Crippen molar-refractivity contribution in [3.63, 3.8) is 0 Å². The summed E-state index contributed by atoms with van der Waals surface area (Å²) >= 11 is 17.7. The van der Waals surface area contributed by atoms with Crippen LogP contribution in [0.2, 0.25) is 15.2 Å². The van der Waals surface area contributed by atoms with Gasteiger partial charge in [0.2, 0.25) is 0 Å². The number of pyridine rings is 1. The number of hydrazone groups is 1. The number of hydrogen-bond donors (Lipinski definition) is 2. The number of hydrogen-bond acceptors (Lipinski definition) is 4. The molecule has 4 nitrogen and oxygen atoms in total. The van der Waals surface area contributed by atoms with Gasteiger partial charge in [-0.25, -0.2) is 4.98 Å². The average Bonchev–Trinajstić information content (AvgIpc) is 2.54. The molecule has 3 aromatic rings. The number of anilines is 1. The van der Waals surface area contributed by atoms with Gasteiger partial charge in [0.1, 0.15) is 10.9 Å². The van der Waals surface area contributed by atoms with Gasteiger partial charge in [-0.3, -0.25) is 5.43 Å². The first-order valence-corrected chi connectivity index (χ1v) is 7.71. The van der Waals surface area contributed by atoms with Crippen molar-refractivity contribution < 1.29 is 5.11 Å². The predicted molar refractivity (Wildman–Crippen MR) is 96.1 cm³/mol. The number of benzene rings is 2. The fourth-order valence-electron chi connectivity index (χ4n) is 2.10. The maximum Gasteiger partial charge on any atom is 0.166 e. The Kier molecular flexibility index (Phi) is 4.57. The first-order chi connectivity index (χ1) is 11.1. The molecule has 0 bridgehead atoms. The van der Waals surface area contributed by atoms with Crippen LogP contribution in [0, 0.1) is 0 Å². The van der Waals surface area contributed by atoms with E-state index < -0.39 is 0 Å². The molecule has 0 atom stereocenters. The topological polar surface area (TPSA) is 57.5 Å². The molecule has 2 aromatic carbocycles. The molecular formula is C16H10Cl3N3O. The fourth-order valence-corrected chi connectivity index (χ4v) is 2.64. The lowest BCUT2D eigenvalue weighted by Crippen LogP contribution is -1.96. The molecule has 0 saturated carbocycles. The van der Waals surface area contributed by atoms with Crippen molar-refractivity contribution in [3.8, 4) is 5.75 Å². The van der Waals surface area contributed by atoms with Gasteiger partial charge >= 0.3 is 0 Å². The van der Waals surface area contributed by atoms with Gasteiger partial charge in [0, 0.05) is 5.56 Å². The number of aromatic hydroxyl groups is 1. The zero-order chi connectivity index (χ0) is 16.4. The molecule has 23 heavy (non-hydrogen) atoms. The van der Waals surface area contributed by atoms with E-state index in [1.807, 2.05) is 30.3 Å². The molecule has 0 spiro atoms. The minimum Gasteiger partial charge on any atom is -0.507 e. The summed E-state index contributed by atoms with van der Waals surface area (Å²) in [6.07, 6.45) is 1.50. The highest BCUT2D eigenvalue weighted by molar-refractivity contribution is 6.42. The molecule has 7 heteroatoms. The molecule has 0 aliphatic carbocycles. The second kappa shape index (κ2) is 6.62. The Morgan fingerprint density at radius 3 is 2.65 bits per heavy atom. The SMILES string of the molecule is Oc1ccc2ccccc2c1/C=N/Nc1nc(Cl)c(Cl)cc1Cl. The van der Waals surface area contributed by atoms with E-state index in [0.29, 0.717) is 10.6 Å². The predicted octanol–water partition coefficient (Wildman–Crippen LogP) is 5.35. The molecule has 0 saturated heterocycles. The maximum atomic E-state index is 10.0.